The van der Waals surface area contributed by atoms with Gasteiger partial charge < -0.3 is 5.32 Å². The molecule has 0 spiro atoms. The van der Waals surface area contributed by atoms with Crippen LogP contribution in [0.3, 0.4) is 0 Å². The SMILES string of the molecule is CCC1CCCC1NC1CCC(C)(C)C1. The van der Waals surface area contributed by atoms with E-state index in [1.165, 1.54) is 44.9 Å². The first-order chi connectivity index (χ1) is 7.11. The van der Waals surface area contributed by atoms with Crippen molar-refractivity contribution in [2.24, 2.45) is 11.3 Å². The highest BCUT2D eigenvalue weighted by atomic mass is 15.0. The molecule has 2 fully saturated rings. The molecule has 0 aromatic carbocycles. The molecule has 3 atom stereocenters. The molecule has 0 radical (unpaired) electrons. The van der Waals surface area contributed by atoms with Crippen LogP contribution in [0.15, 0.2) is 0 Å². The highest BCUT2D eigenvalue weighted by Gasteiger charge is 2.34. The quantitative estimate of drug-likeness (QED) is 0.747. The van der Waals surface area contributed by atoms with Crippen LogP contribution in [0.25, 0.3) is 0 Å². The molecule has 2 rings (SSSR count). The van der Waals surface area contributed by atoms with Crippen LogP contribution < -0.4 is 5.32 Å². The van der Waals surface area contributed by atoms with E-state index in [2.05, 4.69) is 26.1 Å². The molecule has 0 aromatic heterocycles. The van der Waals surface area contributed by atoms with E-state index < -0.39 is 0 Å². The van der Waals surface area contributed by atoms with Crippen molar-refractivity contribution < 1.29 is 0 Å². The average molecular weight is 209 g/mol. The summed E-state index contributed by atoms with van der Waals surface area (Å²) in [6, 6.07) is 1.66. The molecule has 1 N–H and O–H groups in total. The maximum atomic E-state index is 3.93. The Morgan fingerprint density at radius 3 is 2.60 bits per heavy atom. The molecule has 3 unspecified atom stereocenters. The lowest BCUT2D eigenvalue weighted by Crippen LogP contribution is -2.39. The van der Waals surface area contributed by atoms with Gasteiger partial charge in [0.1, 0.15) is 0 Å². The Morgan fingerprint density at radius 1 is 1.20 bits per heavy atom. The molecule has 0 aliphatic heterocycles. The second-order valence-corrected chi connectivity index (χ2v) is 6.48. The summed E-state index contributed by atoms with van der Waals surface area (Å²) in [7, 11) is 0. The first kappa shape index (κ1) is 11.4. The molecule has 2 aliphatic carbocycles. The van der Waals surface area contributed by atoms with Crippen LogP contribution in [-0.4, -0.2) is 12.1 Å². The highest BCUT2D eigenvalue weighted by Crippen LogP contribution is 2.38. The van der Waals surface area contributed by atoms with Crippen LogP contribution in [0.4, 0.5) is 0 Å². The number of rotatable bonds is 3. The third-order valence-electron chi connectivity index (χ3n) is 4.60. The van der Waals surface area contributed by atoms with Crippen molar-refractivity contribution in [1.29, 1.82) is 0 Å². The van der Waals surface area contributed by atoms with Gasteiger partial charge in [-0.15, -0.1) is 0 Å². The zero-order valence-electron chi connectivity index (χ0n) is 10.7. The number of hydrogen-bond acceptors (Lipinski definition) is 1. The zero-order valence-corrected chi connectivity index (χ0v) is 10.7. The molecule has 1 heteroatoms. The van der Waals surface area contributed by atoms with Crippen LogP contribution in [0.1, 0.15) is 65.7 Å². The van der Waals surface area contributed by atoms with Gasteiger partial charge in [0.15, 0.2) is 0 Å². The van der Waals surface area contributed by atoms with Crippen LogP contribution >= 0.6 is 0 Å². The predicted octanol–water partition coefficient (Wildman–Crippen LogP) is 3.73. The van der Waals surface area contributed by atoms with Crippen molar-refractivity contribution in [2.75, 3.05) is 0 Å². The molecular formula is C14H27N. The number of nitrogens with one attached hydrogen (secondary N) is 1. The van der Waals surface area contributed by atoms with E-state index in [1.54, 1.807) is 0 Å². The van der Waals surface area contributed by atoms with Crippen molar-refractivity contribution in [3.05, 3.63) is 0 Å². The van der Waals surface area contributed by atoms with Crippen molar-refractivity contribution in [3.63, 3.8) is 0 Å². The van der Waals surface area contributed by atoms with E-state index in [9.17, 15) is 0 Å². The van der Waals surface area contributed by atoms with E-state index in [-0.39, 0.29) is 0 Å². The van der Waals surface area contributed by atoms with Gasteiger partial charge in [0.25, 0.3) is 0 Å². The minimum Gasteiger partial charge on any atom is -0.311 e. The Morgan fingerprint density at radius 2 is 2.00 bits per heavy atom. The summed E-state index contributed by atoms with van der Waals surface area (Å²) in [6.45, 7) is 7.19. The van der Waals surface area contributed by atoms with Gasteiger partial charge in [-0.2, -0.15) is 0 Å². The fraction of sp³-hybridized carbons (Fsp3) is 1.00. The van der Waals surface area contributed by atoms with E-state index >= 15 is 0 Å². The fourth-order valence-corrected chi connectivity index (χ4v) is 3.63. The van der Waals surface area contributed by atoms with Gasteiger partial charge in [-0.05, 0) is 43.4 Å². The van der Waals surface area contributed by atoms with Crippen molar-refractivity contribution in [1.82, 2.24) is 5.32 Å². The van der Waals surface area contributed by atoms with Gasteiger partial charge in [0.2, 0.25) is 0 Å². The smallest absolute Gasteiger partial charge is 0.00978 e. The van der Waals surface area contributed by atoms with E-state index in [0.29, 0.717) is 5.41 Å². The van der Waals surface area contributed by atoms with E-state index in [0.717, 1.165) is 18.0 Å². The van der Waals surface area contributed by atoms with Gasteiger partial charge in [-0.1, -0.05) is 33.6 Å². The fourth-order valence-electron chi connectivity index (χ4n) is 3.63. The Kier molecular flexibility index (Phi) is 3.39. The largest absolute Gasteiger partial charge is 0.311 e. The molecule has 0 saturated heterocycles. The normalized spacial score (nSPS) is 39.8. The zero-order chi connectivity index (χ0) is 10.9. The molecule has 0 amide bonds. The summed E-state index contributed by atoms with van der Waals surface area (Å²) in [6.07, 6.45) is 9.91. The van der Waals surface area contributed by atoms with Crippen molar-refractivity contribution in [2.45, 2.75) is 77.8 Å². The summed E-state index contributed by atoms with van der Waals surface area (Å²) in [5.41, 5.74) is 0.595. The highest BCUT2D eigenvalue weighted by molar-refractivity contribution is 4.91. The summed E-state index contributed by atoms with van der Waals surface area (Å²) < 4.78 is 0. The van der Waals surface area contributed by atoms with Crippen LogP contribution in [0.2, 0.25) is 0 Å². The predicted molar refractivity (Wildman–Crippen MR) is 66.0 cm³/mol. The van der Waals surface area contributed by atoms with Crippen LogP contribution in [0, 0.1) is 11.3 Å². The Bertz CT molecular complexity index is 209. The molecule has 1 nitrogen and oxygen atoms in total. The topological polar surface area (TPSA) is 12.0 Å². The van der Waals surface area contributed by atoms with E-state index in [1.807, 2.05) is 0 Å². The molecular weight excluding hydrogens is 182 g/mol. The molecule has 15 heavy (non-hydrogen) atoms. The Labute approximate surface area is 95.0 Å². The summed E-state index contributed by atoms with van der Waals surface area (Å²) in [5, 5.41) is 3.93. The van der Waals surface area contributed by atoms with Crippen molar-refractivity contribution >= 4 is 0 Å². The van der Waals surface area contributed by atoms with Gasteiger partial charge in [-0.3, -0.25) is 0 Å². The molecule has 2 aliphatic rings. The first-order valence-corrected chi connectivity index (χ1v) is 6.87. The molecule has 0 aromatic rings. The summed E-state index contributed by atoms with van der Waals surface area (Å²) >= 11 is 0. The third-order valence-corrected chi connectivity index (χ3v) is 4.60. The van der Waals surface area contributed by atoms with Crippen LogP contribution in [-0.2, 0) is 0 Å². The minimum absolute atomic E-state index is 0.595. The Balaban J connectivity index is 1.82. The van der Waals surface area contributed by atoms with Gasteiger partial charge in [-0.25, -0.2) is 0 Å². The third kappa shape index (κ3) is 2.75. The van der Waals surface area contributed by atoms with Crippen LogP contribution in [0.5, 0.6) is 0 Å². The summed E-state index contributed by atoms with van der Waals surface area (Å²) in [4.78, 5) is 0. The molecule has 0 bridgehead atoms. The standard InChI is InChI=1S/C14H27N/c1-4-11-6-5-7-13(11)15-12-8-9-14(2,3)10-12/h11-13,15H,4-10H2,1-3H3. The van der Waals surface area contributed by atoms with E-state index in [4.69, 9.17) is 0 Å². The lowest BCUT2D eigenvalue weighted by molar-refractivity contribution is 0.321. The lowest BCUT2D eigenvalue weighted by Gasteiger charge is -2.25. The first-order valence-electron chi connectivity index (χ1n) is 6.87. The summed E-state index contributed by atoms with van der Waals surface area (Å²) in [5.74, 6) is 0.966. The second-order valence-electron chi connectivity index (χ2n) is 6.48. The second kappa shape index (κ2) is 4.45. The minimum atomic E-state index is 0.595. The molecule has 88 valence electrons. The lowest BCUT2D eigenvalue weighted by atomic mass is 9.91. The maximum absolute atomic E-state index is 3.93. The average Bonchev–Trinajstić information content (AvgIpc) is 2.73. The molecule has 0 heterocycles. The Hall–Kier alpha value is -0.0400. The van der Waals surface area contributed by atoms with Gasteiger partial charge in [0, 0.05) is 12.1 Å². The molecule has 2 saturated carbocycles. The number of hydrogen-bond donors (Lipinski definition) is 1. The monoisotopic (exact) mass is 209 g/mol. The van der Waals surface area contributed by atoms with Gasteiger partial charge in [0.05, 0.1) is 0 Å². The maximum Gasteiger partial charge on any atom is 0.00978 e. The van der Waals surface area contributed by atoms with Gasteiger partial charge >= 0.3 is 0 Å². The van der Waals surface area contributed by atoms with Crippen molar-refractivity contribution in [3.8, 4) is 0 Å².